The van der Waals surface area contributed by atoms with Gasteiger partial charge in [-0.3, -0.25) is 9.89 Å². The van der Waals surface area contributed by atoms with E-state index in [9.17, 15) is 18.0 Å². The smallest absolute Gasteiger partial charge is 0.252 e. The van der Waals surface area contributed by atoms with E-state index in [0.717, 1.165) is 12.1 Å². The van der Waals surface area contributed by atoms with Gasteiger partial charge >= 0.3 is 0 Å². The molecule has 0 fully saturated rings. The van der Waals surface area contributed by atoms with E-state index in [2.05, 4.69) is 10.2 Å². The topological polar surface area (TPSA) is 71.8 Å². The highest BCUT2D eigenvalue weighted by atomic mass is 19.2. The van der Waals surface area contributed by atoms with Crippen LogP contribution in [0.3, 0.4) is 0 Å². The molecule has 116 valence electrons. The summed E-state index contributed by atoms with van der Waals surface area (Å²) in [5, 5.41) is 6.37. The molecule has 0 bridgehead atoms. The van der Waals surface area contributed by atoms with Gasteiger partial charge in [-0.2, -0.15) is 5.10 Å². The summed E-state index contributed by atoms with van der Waals surface area (Å²) in [5.74, 6) is -4.85. The first kappa shape index (κ1) is 14.8. The third-order valence-corrected chi connectivity index (χ3v) is 3.43. The number of aromatic amines is 1. The second-order valence-electron chi connectivity index (χ2n) is 4.79. The molecule has 0 atom stereocenters. The number of carbonyl (C=O) groups is 1. The van der Waals surface area contributed by atoms with Gasteiger partial charge in [0.1, 0.15) is 0 Å². The van der Waals surface area contributed by atoms with E-state index in [1.165, 1.54) is 12.3 Å². The Balaban J connectivity index is 2.26. The Morgan fingerprint density at radius 1 is 0.957 bits per heavy atom. The zero-order chi connectivity index (χ0) is 16.6. The summed E-state index contributed by atoms with van der Waals surface area (Å²) in [4.78, 5) is 11.4. The number of primary amides is 1. The van der Waals surface area contributed by atoms with E-state index in [0.29, 0.717) is 5.56 Å². The molecule has 3 N–H and O–H groups in total. The van der Waals surface area contributed by atoms with Crippen LogP contribution >= 0.6 is 0 Å². The predicted octanol–water partition coefficient (Wildman–Crippen LogP) is 3.26. The summed E-state index contributed by atoms with van der Waals surface area (Å²) < 4.78 is 40.7. The van der Waals surface area contributed by atoms with E-state index in [1.807, 2.05) is 0 Å². The summed E-state index contributed by atoms with van der Waals surface area (Å²) in [6.45, 7) is 0. The van der Waals surface area contributed by atoms with Crippen molar-refractivity contribution in [2.45, 2.75) is 0 Å². The van der Waals surface area contributed by atoms with Crippen molar-refractivity contribution < 1.29 is 18.0 Å². The van der Waals surface area contributed by atoms with Gasteiger partial charge in [-0.05, 0) is 17.7 Å². The summed E-state index contributed by atoms with van der Waals surface area (Å²) >= 11 is 0. The van der Waals surface area contributed by atoms with Gasteiger partial charge in [0.15, 0.2) is 17.5 Å². The van der Waals surface area contributed by atoms with Crippen LogP contribution < -0.4 is 5.73 Å². The molecule has 0 radical (unpaired) electrons. The minimum atomic E-state index is -1.56. The lowest BCUT2D eigenvalue weighted by molar-refractivity contribution is 0.100. The molecule has 3 aromatic rings. The predicted molar refractivity (Wildman–Crippen MR) is 77.9 cm³/mol. The Hall–Kier alpha value is -3.09. The standard InChI is InChI=1S/C16H10F3N3O/c17-12-6-5-9(13(18)14(12)19)8-3-1-2-4-10(8)15-11(16(20)23)7-21-22-15/h1-7H,(H2,20,23)(H,21,22). The Morgan fingerprint density at radius 2 is 1.65 bits per heavy atom. The summed E-state index contributed by atoms with van der Waals surface area (Å²) in [7, 11) is 0. The summed E-state index contributed by atoms with van der Waals surface area (Å²) in [5.41, 5.74) is 6.19. The van der Waals surface area contributed by atoms with E-state index < -0.39 is 23.4 Å². The van der Waals surface area contributed by atoms with Crippen molar-refractivity contribution >= 4 is 5.91 Å². The molecule has 3 rings (SSSR count). The maximum absolute atomic E-state index is 14.1. The van der Waals surface area contributed by atoms with E-state index in [1.54, 1.807) is 18.2 Å². The molecule has 4 nitrogen and oxygen atoms in total. The highest BCUT2D eigenvalue weighted by Gasteiger charge is 2.20. The quantitative estimate of drug-likeness (QED) is 0.728. The van der Waals surface area contributed by atoms with Gasteiger partial charge in [-0.25, -0.2) is 13.2 Å². The molecule has 2 aromatic carbocycles. The fourth-order valence-corrected chi connectivity index (χ4v) is 2.35. The van der Waals surface area contributed by atoms with Crippen molar-refractivity contribution in [1.82, 2.24) is 10.2 Å². The largest absolute Gasteiger partial charge is 0.365 e. The summed E-state index contributed by atoms with van der Waals surface area (Å²) in [6, 6.07) is 8.36. The Bertz CT molecular complexity index is 905. The van der Waals surface area contributed by atoms with Gasteiger partial charge in [0.05, 0.1) is 17.5 Å². The third kappa shape index (κ3) is 2.46. The number of aromatic nitrogens is 2. The first-order valence-electron chi connectivity index (χ1n) is 6.57. The first-order chi connectivity index (χ1) is 11.0. The van der Waals surface area contributed by atoms with Crippen LogP contribution in [0.4, 0.5) is 13.2 Å². The van der Waals surface area contributed by atoms with Crippen molar-refractivity contribution in [2.75, 3.05) is 0 Å². The van der Waals surface area contributed by atoms with Crippen LogP contribution in [0.25, 0.3) is 22.4 Å². The van der Waals surface area contributed by atoms with Gasteiger partial charge in [-0.15, -0.1) is 0 Å². The molecule has 0 aliphatic heterocycles. The molecular weight excluding hydrogens is 307 g/mol. The van der Waals surface area contributed by atoms with Gasteiger partial charge in [0.25, 0.3) is 5.91 Å². The zero-order valence-corrected chi connectivity index (χ0v) is 11.6. The maximum atomic E-state index is 14.1. The fraction of sp³-hybridized carbons (Fsp3) is 0. The Kier molecular flexibility index (Phi) is 3.61. The average Bonchev–Trinajstić information content (AvgIpc) is 3.03. The average molecular weight is 317 g/mol. The molecule has 1 amide bonds. The number of amides is 1. The van der Waals surface area contributed by atoms with Crippen LogP contribution in [0.1, 0.15) is 10.4 Å². The monoisotopic (exact) mass is 317 g/mol. The van der Waals surface area contributed by atoms with Crippen LogP contribution in [-0.2, 0) is 0 Å². The number of nitrogens with two attached hydrogens (primary N) is 1. The molecule has 1 heterocycles. The van der Waals surface area contributed by atoms with Crippen LogP contribution in [0, 0.1) is 17.5 Å². The van der Waals surface area contributed by atoms with E-state index >= 15 is 0 Å². The molecule has 0 spiro atoms. The Morgan fingerprint density at radius 3 is 2.35 bits per heavy atom. The molecular formula is C16H10F3N3O. The van der Waals surface area contributed by atoms with E-state index in [4.69, 9.17) is 5.73 Å². The molecule has 0 unspecified atom stereocenters. The van der Waals surface area contributed by atoms with Crippen LogP contribution in [-0.4, -0.2) is 16.1 Å². The minimum absolute atomic E-state index is 0.112. The van der Waals surface area contributed by atoms with Crippen molar-refractivity contribution in [1.29, 1.82) is 0 Å². The third-order valence-electron chi connectivity index (χ3n) is 3.43. The summed E-state index contributed by atoms with van der Waals surface area (Å²) in [6.07, 6.45) is 1.25. The molecule has 23 heavy (non-hydrogen) atoms. The van der Waals surface area contributed by atoms with Crippen LogP contribution in [0.15, 0.2) is 42.6 Å². The molecule has 0 saturated carbocycles. The maximum Gasteiger partial charge on any atom is 0.252 e. The van der Waals surface area contributed by atoms with Gasteiger partial charge in [0, 0.05) is 11.1 Å². The van der Waals surface area contributed by atoms with Crippen molar-refractivity contribution in [3.63, 3.8) is 0 Å². The lowest BCUT2D eigenvalue weighted by Gasteiger charge is -2.11. The number of carbonyl (C=O) groups excluding carboxylic acids is 1. The Labute approximate surface area is 128 Å². The molecule has 0 aliphatic carbocycles. The highest BCUT2D eigenvalue weighted by molar-refractivity contribution is 6.00. The van der Waals surface area contributed by atoms with Gasteiger partial charge in [0.2, 0.25) is 0 Å². The lowest BCUT2D eigenvalue weighted by atomic mass is 9.95. The fourth-order valence-electron chi connectivity index (χ4n) is 2.35. The number of hydrogen-bond acceptors (Lipinski definition) is 2. The number of hydrogen-bond donors (Lipinski definition) is 2. The van der Waals surface area contributed by atoms with Crippen LogP contribution in [0.2, 0.25) is 0 Å². The number of halogens is 3. The molecule has 0 saturated heterocycles. The normalized spacial score (nSPS) is 10.7. The van der Waals surface area contributed by atoms with Crippen LogP contribution in [0.5, 0.6) is 0 Å². The number of rotatable bonds is 3. The number of nitrogens with one attached hydrogen (secondary N) is 1. The van der Waals surface area contributed by atoms with E-state index in [-0.39, 0.29) is 22.4 Å². The second kappa shape index (κ2) is 5.60. The molecule has 1 aromatic heterocycles. The number of benzene rings is 2. The van der Waals surface area contributed by atoms with Gasteiger partial charge in [-0.1, -0.05) is 24.3 Å². The first-order valence-corrected chi connectivity index (χ1v) is 6.57. The minimum Gasteiger partial charge on any atom is -0.365 e. The SMILES string of the molecule is NC(=O)c1cn[nH]c1-c1ccccc1-c1ccc(F)c(F)c1F. The molecule has 7 heteroatoms. The lowest BCUT2D eigenvalue weighted by Crippen LogP contribution is -2.11. The second-order valence-corrected chi connectivity index (χ2v) is 4.79. The van der Waals surface area contributed by atoms with Crippen molar-refractivity contribution in [2.24, 2.45) is 5.73 Å². The zero-order valence-electron chi connectivity index (χ0n) is 11.6. The highest BCUT2D eigenvalue weighted by Crippen LogP contribution is 2.34. The molecule has 0 aliphatic rings. The van der Waals surface area contributed by atoms with Gasteiger partial charge < -0.3 is 5.73 Å². The number of nitrogens with zero attached hydrogens (tertiary/aromatic N) is 1. The number of H-pyrrole nitrogens is 1. The van der Waals surface area contributed by atoms with Crippen molar-refractivity contribution in [3.8, 4) is 22.4 Å². The van der Waals surface area contributed by atoms with Crippen molar-refractivity contribution in [3.05, 3.63) is 65.6 Å².